The predicted octanol–water partition coefficient (Wildman–Crippen LogP) is 4.21. The number of nitrogens with one attached hydrogen (secondary N) is 1. The molecule has 1 aliphatic heterocycles. The maximum atomic E-state index is 12.2. The predicted molar refractivity (Wildman–Crippen MR) is 109 cm³/mol. The molecule has 0 saturated carbocycles. The van der Waals surface area contributed by atoms with E-state index in [9.17, 15) is 19.7 Å². The van der Waals surface area contributed by atoms with Crippen LogP contribution in [-0.2, 0) is 14.3 Å². The third kappa shape index (κ3) is 5.00. The Morgan fingerprint density at radius 2 is 2.00 bits per heavy atom. The van der Waals surface area contributed by atoms with Crippen LogP contribution < -0.4 is 14.8 Å². The van der Waals surface area contributed by atoms with Gasteiger partial charge in [0.15, 0.2) is 17.6 Å². The number of hydrogen-bond acceptors (Lipinski definition) is 7. The number of rotatable bonds is 6. The quantitative estimate of drug-likeness (QED) is 0.301. The van der Waals surface area contributed by atoms with Crippen LogP contribution in [0.4, 0.5) is 11.4 Å². The lowest BCUT2D eigenvalue weighted by Gasteiger charge is -2.13. The van der Waals surface area contributed by atoms with Crippen molar-refractivity contribution in [3.05, 3.63) is 62.1 Å². The molecule has 30 heavy (non-hydrogen) atoms. The molecule has 2 aromatic rings. The van der Waals surface area contributed by atoms with Gasteiger partial charge in [0.1, 0.15) is 0 Å². The lowest BCUT2D eigenvalue weighted by atomic mass is 10.2. The smallest absolute Gasteiger partial charge is 0.331 e. The molecule has 0 bridgehead atoms. The Kier molecular flexibility index (Phi) is 6.43. The number of amides is 1. The third-order valence-corrected chi connectivity index (χ3v) is 4.54. The number of anilines is 1. The molecule has 1 heterocycles. The van der Waals surface area contributed by atoms with Crippen molar-refractivity contribution >= 4 is 52.5 Å². The first-order valence-electron chi connectivity index (χ1n) is 8.47. The van der Waals surface area contributed by atoms with E-state index in [1.165, 1.54) is 25.1 Å². The van der Waals surface area contributed by atoms with Crippen molar-refractivity contribution in [2.24, 2.45) is 0 Å². The molecule has 1 aliphatic rings. The maximum Gasteiger partial charge on any atom is 0.331 e. The molecule has 156 valence electrons. The summed E-state index contributed by atoms with van der Waals surface area (Å²) in [5, 5.41) is 13.5. The SMILES string of the molecule is CC(OC(=O)C=Cc1cc(Cl)c2c(c1)OCO2)C(=O)Nc1ccc([N+](=O)[O-])cc1Cl. The van der Waals surface area contributed by atoms with Gasteiger partial charge in [-0.25, -0.2) is 4.79 Å². The van der Waals surface area contributed by atoms with Crippen molar-refractivity contribution in [1.29, 1.82) is 0 Å². The minimum absolute atomic E-state index is 0.0179. The summed E-state index contributed by atoms with van der Waals surface area (Å²) in [4.78, 5) is 34.3. The molecule has 0 radical (unpaired) electrons. The zero-order valence-corrected chi connectivity index (χ0v) is 16.9. The van der Waals surface area contributed by atoms with Crippen molar-refractivity contribution in [3.63, 3.8) is 0 Å². The summed E-state index contributed by atoms with van der Waals surface area (Å²) < 4.78 is 15.5. The average Bonchev–Trinajstić information content (AvgIpc) is 3.17. The number of benzene rings is 2. The molecular weight excluding hydrogens is 439 g/mol. The summed E-state index contributed by atoms with van der Waals surface area (Å²) in [6.07, 6.45) is 1.44. The minimum Gasteiger partial charge on any atom is -0.454 e. The molecule has 1 N–H and O–H groups in total. The normalized spacial score (nSPS) is 13.2. The highest BCUT2D eigenvalue weighted by Crippen LogP contribution is 2.40. The molecule has 1 atom stereocenters. The number of carbonyl (C=O) groups is 2. The van der Waals surface area contributed by atoms with E-state index < -0.39 is 22.9 Å². The number of nitrogens with zero attached hydrogens (tertiary/aromatic N) is 1. The second-order valence-electron chi connectivity index (χ2n) is 6.06. The highest BCUT2D eigenvalue weighted by atomic mass is 35.5. The number of ether oxygens (including phenoxy) is 3. The van der Waals surface area contributed by atoms with E-state index in [-0.39, 0.29) is 23.2 Å². The van der Waals surface area contributed by atoms with Gasteiger partial charge in [-0.3, -0.25) is 14.9 Å². The van der Waals surface area contributed by atoms with Crippen LogP contribution in [0, 0.1) is 10.1 Å². The monoisotopic (exact) mass is 452 g/mol. The van der Waals surface area contributed by atoms with Crippen molar-refractivity contribution < 1.29 is 28.7 Å². The fourth-order valence-corrected chi connectivity index (χ4v) is 2.96. The average molecular weight is 453 g/mol. The van der Waals surface area contributed by atoms with Gasteiger partial charge in [-0.2, -0.15) is 0 Å². The molecule has 9 nitrogen and oxygen atoms in total. The first-order valence-corrected chi connectivity index (χ1v) is 9.23. The van der Waals surface area contributed by atoms with E-state index in [2.05, 4.69) is 5.32 Å². The number of hydrogen-bond donors (Lipinski definition) is 1. The van der Waals surface area contributed by atoms with Crippen LogP contribution in [-0.4, -0.2) is 29.7 Å². The van der Waals surface area contributed by atoms with Crippen LogP contribution >= 0.6 is 23.2 Å². The molecule has 1 amide bonds. The second-order valence-corrected chi connectivity index (χ2v) is 6.87. The number of esters is 1. The summed E-state index contributed by atoms with van der Waals surface area (Å²) in [6, 6.07) is 6.82. The summed E-state index contributed by atoms with van der Waals surface area (Å²) in [6.45, 7) is 1.44. The van der Waals surface area contributed by atoms with Crippen LogP contribution in [0.25, 0.3) is 6.08 Å². The third-order valence-electron chi connectivity index (χ3n) is 3.94. The number of nitro groups is 1. The van der Waals surface area contributed by atoms with E-state index in [1.54, 1.807) is 12.1 Å². The Balaban J connectivity index is 1.59. The van der Waals surface area contributed by atoms with Gasteiger partial charge in [0.25, 0.3) is 11.6 Å². The van der Waals surface area contributed by atoms with Gasteiger partial charge in [0, 0.05) is 18.2 Å². The van der Waals surface area contributed by atoms with Crippen molar-refractivity contribution in [2.45, 2.75) is 13.0 Å². The highest BCUT2D eigenvalue weighted by Gasteiger charge is 2.20. The Morgan fingerprint density at radius 1 is 1.23 bits per heavy atom. The zero-order valence-electron chi connectivity index (χ0n) is 15.4. The summed E-state index contributed by atoms with van der Waals surface area (Å²) >= 11 is 12.0. The summed E-state index contributed by atoms with van der Waals surface area (Å²) in [7, 11) is 0. The van der Waals surface area contributed by atoms with Crippen LogP contribution in [0.2, 0.25) is 10.0 Å². The second kappa shape index (κ2) is 9.02. The summed E-state index contributed by atoms with van der Waals surface area (Å²) in [5.41, 5.74) is 0.517. The topological polar surface area (TPSA) is 117 Å². The molecule has 11 heteroatoms. The molecule has 0 aliphatic carbocycles. The van der Waals surface area contributed by atoms with Crippen molar-refractivity contribution in [1.82, 2.24) is 0 Å². The molecule has 0 spiro atoms. The highest BCUT2D eigenvalue weighted by molar-refractivity contribution is 6.34. The van der Waals surface area contributed by atoms with Gasteiger partial charge < -0.3 is 19.5 Å². The molecule has 3 rings (SSSR count). The lowest BCUT2D eigenvalue weighted by Crippen LogP contribution is -2.29. The fraction of sp³-hybridized carbons (Fsp3) is 0.158. The fourth-order valence-electron chi connectivity index (χ4n) is 2.47. The first kappa shape index (κ1) is 21.4. The van der Waals surface area contributed by atoms with Crippen LogP contribution in [0.3, 0.4) is 0 Å². The number of nitro benzene ring substituents is 1. The Bertz CT molecular complexity index is 1060. The standard InChI is InChI=1S/C19H14Cl2N2O7/c1-10(19(25)22-15-4-3-12(23(26)27)8-13(15)20)30-17(24)5-2-11-6-14(21)18-16(7-11)28-9-29-18/h2-8,10H,9H2,1H3,(H,22,25). The van der Waals surface area contributed by atoms with Gasteiger partial charge >= 0.3 is 5.97 Å². The molecular formula is C19H14Cl2N2O7. The molecule has 0 aromatic heterocycles. The molecule has 2 aromatic carbocycles. The largest absolute Gasteiger partial charge is 0.454 e. The number of carbonyl (C=O) groups excluding carboxylic acids is 2. The minimum atomic E-state index is -1.14. The van der Waals surface area contributed by atoms with Crippen LogP contribution in [0.1, 0.15) is 12.5 Å². The zero-order chi connectivity index (χ0) is 21.8. The molecule has 1 unspecified atom stereocenters. The van der Waals surface area contributed by atoms with Gasteiger partial charge in [-0.05, 0) is 36.8 Å². The first-order chi connectivity index (χ1) is 14.2. The number of non-ortho nitro benzene ring substituents is 1. The van der Waals surface area contributed by atoms with Gasteiger partial charge in [-0.15, -0.1) is 0 Å². The van der Waals surface area contributed by atoms with E-state index in [0.29, 0.717) is 22.1 Å². The Hall–Kier alpha value is -3.30. The maximum absolute atomic E-state index is 12.2. The van der Waals surface area contributed by atoms with Gasteiger partial charge in [-0.1, -0.05) is 23.2 Å². The van der Waals surface area contributed by atoms with Crippen molar-refractivity contribution in [3.8, 4) is 11.5 Å². The van der Waals surface area contributed by atoms with E-state index in [0.717, 1.165) is 12.1 Å². The lowest BCUT2D eigenvalue weighted by molar-refractivity contribution is -0.384. The van der Waals surface area contributed by atoms with Crippen LogP contribution in [0.5, 0.6) is 11.5 Å². The molecule has 0 fully saturated rings. The van der Waals surface area contributed by atoms with Crippen molar-refractivity contribution in [2.75, 3.05) is 12.1 Å². The number of fused-ring (bicyclic) bond motifs is 1. The Labute approximate surface area is 180 Å². The van der Waals surface area contributed by atoms with Gasteiger partial charge in [0.2, 0.25) is 6.79 Å². The summed E-state index contributed by atoms with van der Waals surface area (Å²) in [5.74, 6) is -0.519. The molecule has 0 saturated heterocycles. The van der Waals surface area contributed by atoms with E-state index >= 15 is 0 Å². The number of halogens is 2. The van der Waals surface area contributed by atoms with E-state index in [1.807, 2.05) is 0 Å². The van der Waals surface area contributed by atoms with Gasteiger partial charge in [0.05, 0.1) is 20.7 Å². The van der Waals surface area contributed by atoms with E-state index in [4.69, 9.17) is 37.4 Å². The van der Waals surface area contributed by atoms with Crippen LogP contribution in [0.15, 0.2) is 36.4 Å². The Morgan fingerprint density at radius 3 is 2.70 bits per heavy atom.